The molecule has 1 aliphatic rings. The molecule has 6 heteroatoms. The summed E-state index contributed by atoms with van der Waals surface area (Å²) in [6.45, 7) is 6.72. The number of hydrogen-bond acceptors (Lipinski definition) is 4. The van der Waals surface area contributed by atoms with E-state index in [1.165, 1.54) is 0 Å². The van der Waals surface area contributed by atoms with Crippen molar-refractivity contribution >= 4 is 29.5 Å². The predicted molar refractivity (Wildman–Crippen MR) is 116 cm³/mol. The van der Waals surface area contributed by atoms with Gasteiger partial charge in [-0.3, -0.25) is 4.18 Å². The van der Waals surface area contributed by atoms with Gasteiger partial charge in [0.1, 0.15) is 0 Å². The Balaban J connectivity index is 1.55. The van der Waals surface area contributed by atoms with Crippen molar-refractivity contribution in [3.63, 3.8) is 0 Å². The van der Waals surface area contributed by atoms with E-state index in [4.69, 9.17) is 8.61 Å². The molecular formula is C22H30O4SSi. The molecule has 0 aliphatic heterocycles. The topological polar surface area (TPSA) is 52.6 Å². The second kappa shape index (κ2) is 8.90. The van der Waals surface area contributed by atoms with Crippen molar-refractivity contribution < 1.29 is 17.0 Å². The van der Waals surface area contributed by atoms with Crippen molar-refractivity contribution in [3.8, 4) is 0 Å². The fourth-order valence-corrected chi connectivity index (χ4v) is 6.92. The first-order valence-corrected chi connectivity index (χ1v) is 13.1. The van der Waals surface area contributed by atoms with Gasteiger partial charge in [-0.25, -0.2) is 0 Å². The Kier molecular flexibility index (Phi) is 6.76. The van der Waals surface area contributed by atoms with E-state index in [-0.39, 0.29) is 23.9 Å². The summed E-state index contributed by atoms with van der Waals surface area (Å²) in [5.41, 5.74) is 0.205. The molecule has 0 amide bonds. The molecule has 0 bridgehead atoms. The summed E-state index contributed by atoms with van der Waals surface area (Å²) in [6.07, 6.45) is 1.45. The van der Waals surface area contributed by atoms with Gasteiger partial charge in [0.05, 0.1) is 18.5 Å². The van der Waals surface area contributed by atoms with Crippen molar-refractivity contribution in [2.45, 2.75) is 39.7 Å². The van der Waals surface area contributed by atoms with Crippen molar-refractivity contribution in [2.75, 3.05) is 12.4 Å². The molecule has 0 saturated heterocycles. The quantitative estimate of drug-likeness (QED) is 0.489. The van der Waals surface area contributed by atoms with Gasteiger partial charge in [-0.2, -0.15) is 8.42 Å². The molecule has 152 valence electrons. The van der Waals surface area contributed by atoms with Crippen LogP contribution in [-0.2, 0) is 18.7 Å². The van der Waals surface area contributed by atoms with E-state index in [0.717, 1.165) is 23.2 Å². The molecule has 0 radical (unpaired) electrons. The van der Waals surface area contributed by atoms with Crippen LogP contribution in [0.1, 0.15) is 33.6 Å². The van der Waals surface area contributed by atoms with Gasteiger partial charge in [0, 0.05) is 0 Å². The summed E-state index contributed by atoms with van der Waals surface area (Å²) < 4.78 is 36.3. The minimum absolute atomic E-state index is 0.104. The van der Waals surface area contributed by atoms with Gasteiger partial charge in [0.25, 0.3) is 10.1 Å². The van der Waals surface area contributed by atoms with Crippen LogP contribution in [0.3, 0.4) is 0 Å². The maximum Gasteiger partial charge on any atom is 0.269 e. The van der Waals surface area contributed by atoms with E-state index >= 15 is 0 Å². The third kappa shape index (κ3) is 5.77. The fourth-order valence-electron chi connectivity index (χ4n) is 3.52. The van der Waals surface area contributed by atoms with Crippen LogP contribution in [-0.4, -0.2) is 35.9 Å². The van der Waals surface area contributed by atoms with Crippen LogP contribution in [0.4, 0.5) is 0 Å². The summed E-state index contributed by atoms with van der Waals surface area (Å²) in [6, 6.07) is 20.1. The second-order valence-corrected chi connectivity index (χ2v) is 12.7. The monoisotopic (exact) mass is 418 g/mol. The molecule has 28 heavy (non-hydrogen) atoms. The van der Waals surface area contributed by atoms with Gasteiger partial charge in [-0.15, -0.1) is 0 Å². The van der Waals surface area contributed by atoms with Crippen LogP contribution >= 0.6 is 0 Å². The third-order valence-electron chi connectivity index (χ3n) is 5.42. The molecule has 0 unspecified atom stereocenters. The molecule has 2 aromatic rings. The summed E-state index contributed by atoms with van der Waals surface area (Å²) in [5, 5.41) is 2.28. The van der Waals surface area contributed by atoms with Gasteiger partial charge < -0.3 is 4.43 Å². The Morgan fingerprint density at radius 3 is 1.89 bits per heavy atom. The Hall–Kier alpha value is -1.47. The van der Waals surface area contributed by atoms with Gasteiger partial charge in [-0.05, 0) is 34.5 Å². The van der Waals surface area contributed by atoms with Gasteiger partial charge in [0.15, 0.2) is 0 Å². The van der Waals surface area contributed by atoms with E-state index in [1.54, 1.807) is 0 Å². The van der Waals surface area contributed by atoms with Gasteiger partial charge >= 0.3 is 0 Å². The smallest absolute Gasteiger partial charge is 0.269 e. The number of benzene rings is 2. The Labute approximate surface area is 170 Å². The lowest BCUT2D eigenvalue weighted by Gasteiger charge is -2.42. The molecular weight excluding hydrogens is 388 g/mol. The summed E-state index contributed by atoms with van der Waals surface area (Å²) >= 11 is 0. The minimum Gasteiger partial charge on any atom is -0.410 e. The Morgan fingerprint density at radius 1 is 0.929 bits per heavy atom. The lowest BCUT2D eigenvalue weighted by molar-refractivity contribution is 0.0111. The summed E-state index contributed by atoms with van der Waals surface area (Å²) in [7, 11) is -5.50. The molecule has 2 aromatic carbocycles. The normalized spacial score (nSPS) is 20.1. The van der Waals surface area contributed by atoms with Gasteiger partial charge in [0.2, 0.25) is 9.04 Å². The van der Waals surface area contributed by atoms with E-state index in [2.05, 4.69) is 45.0 Å². The standard InChI is InChI=1S/C22H30O4SSi/c1-22(2,3)18-16-19(17-18)26-27(23,24)15-14-25-28(20-10-6-4-7-11-20)21-12-8-5-9-13-21/h4-13,18-19,28H,14-17H2,1-3H3/t18-,19-. The molecule has 0 N–H and O–H groups in total. The van der Waals surface area contributed by atoms with Crippen LogP contribution in [0.2, 0.25) is 0 Å². The number of rotatable bonds is 8. The van der Waals surface area contributed by atoms with Gasteiger partial charge in [-0.1, -0.05) is 81.4 Å². The summed E-state index contributed by atoms with van der Waals surface area (Å²) in [4.78, 5) is 0. The lowest BCUT2D eigenvalue weighted by atomic mass is 9.67. The Bertz CT molecular complexity index is 802. The highest BCUT2D eigenvalue weighted by Crippen LogP contribution is 2.43. The molecule has 0 heterocycles. The zero-order chi connectivity index (χ0) is 20.2. The Morgan fingerprint density at radius 2 is 1.43 bits per heavy atom. The largest absolute Gasteiger partial charge is 0.410 e. The van der Waals surface area contributed by atoms with E-state index in [9.17, 15) is 8.42 Å². The lowest BCUT2D eigenvalue weighted by Crippen LogP contribution is -2.46. The molecule has 1 aliphatic carbocycles. The van der Waals surface area contributed by atoms with E-state index < -0.39 is 19.2 Å². The highest BCUT2D eigenvalue weighted by atomic mass is 32.2. The zero-order valence-corrected chi connectivity index (χ0v) is 18.8. The maximum absolute atomic E-state index is 12.4. The molecule has 3 rings (SSSR count). The van der Waals surface area contributed by atoms with E-state index in [0.29, 0.717) is 5.92 Å². The minimum atomic E-state index is -3.57. The number of hydrogen-bond donors (Lipinski definition) is 0. The highest BCUT2D eigenvalue weighted by Gasteiger charge is 2.39. The van der Waals surface area contributed by atoms with Crippen LogP contribution in [0.25, 0.3) is 0 Å². The zero-order valence-electron chi connectivity index (χ0n) is 16.9. The second-order valence-electron chi connectivity index (χ2n) is 8.59. The molecule has 1 fully saturated rings. The average Bonchev–Trinajstić information content (AvgIpc) is 2.62. The molecule has 4 nitrogen and oxygen atoms in total. The molecule has 0 aromatic heterocycles. The van der Waals surface area contributed by atoms with Crippen LogP contribution in [0.5, 0.6) is 0 Å². The van der Waals surface area contributed by atoms with Crippen LogP contribution in [0.15, 0.2) is 60.7 Å². The molecule has 1 saturated carbocycles. The first-order chi connectivity index (χ1) is 13.2. The molecule has 0 atom stereocenters. The van der Waals surface area contributed by atoms with E-state index in [1.807, 2.05) is 36.4 Å². The first kappa shape index (κ1) is 21.2. The third-order valence-corrected chi connectivity index (χ3v) is 9.21. The van der Waals surface area contributed by atoms with Crippen LogP contribution in [0, 0.1) is 11.3 Å². The SMILES string of the molecule is CC(C)(C)[C@H]1C[C@H](OS(=O)(=O)CCO[SiH](c2ccccc2)c2ccccc2)C1. The summed E-state index contributed by atoms with van der Waals surface area (Å²) in [5.74, 6) is 0.421. The fraction of sp³-hybridized carbons (Fsp3) is 0.455. The van der Waals surface area contributed by atoms with Crippen molar-refractivity contribution in [2.24, 2.45) is 11.3 Å². The average molecular weight is 419 g/mol. The maximum atomic E-state index is 12.4. The first-order valence-electron chi connectivity index (χ1n) is 9.87. The molecule has 0 spiro atoms. The van der Waals surface area contributed by atoms with Crippen LogP contribution < -0.4 is 10.4 Å². The van der Waals surface area contributed by atoms with Crippen molar-refractivity contribution in [1.82, 2.24) is 0 Å². The van der Waals surface area contributed by atoms with Crippen molar-refractivity contribution in [3.05, 3.63) is 60.7 Å². The highest BCUT2D eigenvalue weighted by molar-refractivity contribution is 7.86. The van der Waals surface area contributed by atoms with Crippen molar-refractivity contribution in [1.29, 1.82) is 0 Å². The predicted octanol–water partition coefficient (Wildman–Crippen LogP) is 2.71.